The summed E-state index contributed by atoms with van der Waals surface area (Å²) in [7, 11) is 3.84. The number of nitrogens with one attached hydrogen (secondary N) is 1. The molecule has 0 aromatic heterocycles. The van der Waals surface area contributed by atoms with Crippen LogP contribution in [0.25, 0.3) is 0 Å². The first-order valence-corrected chi connectivity index (χ1v) is 5.33. The minimum atomic E-state index is 0.180. The second kappa shape index (κ2) is 5.20. The van der Waals surface area contributed by atoms with E-state index in [-0.39, 0.29) is 6.03 Å². The van der Waals surface area contributed by atoms with Gasteiger partial charge in [-0.25, -0.2) is 4.79 Å². The zero-order valence-electron chi connectivity index (χ0n) is 9.42. The van der Waals surface area contributed by atoms with E-state index in [0.29, 0.717) is 5.92 Å². The van der Waals surface area contributed by atoms with Gasteiger partial charge in [-0.15, -0.1) is 0 Å². The highest BCUT2D eigenvalue weighted by molar-refractivity contribution is 5.74. The second-order valence-electron chi connectivity index (χ2n) is 4.03. The van der Waals surface area contributed by atoms with Crippen molar-refractivity contribution in [2.45, 2.75) is 13.3 Å². The third kappa shape index (κ3) is 2.61. The Balaban J connectivity index is 2.52. The lowest BCUT2D eigenvalue weighted by Gasteiger charge is -2.38. The molecule has 0 aliphatic carbocycles. The molecule has 0 saturated carbocycles. The van der Waals surface area contributed by atoms with Crippen molar-refractivity contribution >= 4 is 6.03 Å². The first-order chi connectivity index (χ1) is 6.69. The van der Waals surface area contributed by atoms with E-state index in [1.54, 1.807) is 0 Å². The van der Waals surface area contributed by atoms with Crippen LogP contribution in [0, 0.1) is 5.92 Å². The molecule has 82 valence electrons. The molecular weight excluding hydrogens is 178 g/mol. The van der Waals surface area contributed by atoms with Gasteiger partial charge in [0.25, 0.3) is 0 Å². The molecule has 4 nitrogen and oxygen atoms in total. The van der Waals surface area contributed by atoms with Crippen LogP contribution in [0.2, 0.25) is 0 Å². The summed E-state index contributed by atoms with van der Waals surface area (Å²) in [6, 6.07) is 0.180. The summed E-state index contributed by atoms with van der Waals surface area (Å²) >= 11 is 0. The molecule has 1 aliphatic rings. The molecule has 1 fully saturated rings. The molecular formula is C10H21N3O. The lowest BCUT2D eigenvalue weighted by molar-refractivity contribution is 0.115. The Morgan fingerprint density at radius 1 is 1.50 bits per heavy atom. The fourth-order valence-electron chi connectivity index (χ4n) is 2.03. The molecule has 0 aromatic carbocycles. The maximum absolute atomic E-state index is 11.7. The Morgan fingerprint density at radius 2 is 2.21 bits per heavy atom. The molecule has 1 N–H and O–H groups in total. The van der Waals surface area contributed by atoms with Crippen molar-refractivity contribution in [3.63, 3.8) is 0 Å². The van der Waals surface area contributed by atoms with Gasteiger partial charge < -0.3 is 15.1 Å². The number of hydrogen-bond acceptors (Lipinski definition) is 2. The highest BCUT2D eigenvalue weighted by Gasteiger charge is 2.28. The Morgan fingerprint density at radius 3 is 2.79 bits per heavy atom. The summed E-state index contributed by atoms with van der Waals surface area (Å²) in [4.78, 5) is 15.5. The van der Waals surface area contributed by atoms with E-state index in [9.17, 15) is 4.79 Å². The Labute approximate surface area is 86.2 Å². The molecule has 4 heteroatoms. The van der Waals surface area contributed by atoms with Crippen LogP contribution in [0.5, 0.6) is 0 Å². The third-order valence-corrected chi connectivity index (χ3v) is 2.59. The van der Waals surface area contributed by atoms with Crippen molar-refractivity contribution in [1.29, 1.82) is 0 Å². The molecule has 2 amide bonds. The molecule has 1 atom stereocenters. The molecule has 0 spiro atoms. The number of nitrogens with zero attached hydrogens (tertiary/aromatic N) is 2. The fraction of sp³-hybridized carbons (Fsp3) is 0.900. The third-order valence-electron chi connectivity index (χ3n) is 2.59. The van der Waals surface area contributed by atoms with E-state index < -0.39 is 0 Å². The van der Waals surface area contributed by atoms with Crippen LogP contribution in [0.15, 0.2) is 0 Å². The molecule has 1 aliphatic heterocycles. The Bertz CT molecular complexity index is 196. The van der Waals surface area contributed by atoms with Gasteiger partial charge in [0.1, 0.15) is 0 Å². The second-order valence-corrected chi connectivity index (χ2v) is 4.03. The number of urea groups is 1. The summed E-state index contributed by atoms with van der Waals surface area (Å²) in [5, 5.41) is 3.17. The van der Waals surface area contributed by atoms with E-state index in [1.807, 2.05) is 23.9 Å². The van der Waals surface area contributed by atoms with E-state index in [2.05, 4.69) is 12.2 Å². The summed E-state index contributed by atoms with van der Waals surface area (Å²) in [6.07, 6.45) is 1.03. The molecule has 1 unspecified atom stereocenters. The van der Waals surface area contributed by atoms with Gasteiger partial charge in [0.15, 0.2) is 0 Å². The van der Waals surface area contributed by atoms with Gasteiger partial charge in [-0.3, -0.25) is 0 Å². The number of carbonyl (C=O) groups excluding carboxylic acids is 1. The van der Waals surface area contributed by atoms with Gasteiger partial charge in [0.05, 0.1) is 0 Å². The van der Waals surface area contributed by atoms with Crippen molar-refractivity contribution in [1.82, 2.24) is 15.1 Å². The van der Waals surface area contributed by atoms with Crippen LogP contribution < -0.4 is 5.32 Å². The van der Waals surface area contributed by atoms with Crippen molar-refractivity contribution in [2.24, 2.45) is 5.92 Å². The number of amides is 2. The zero-order valence-corrected chi connectivity index (χ0v) is 9.42. The van der Waals surface area contributed by atoms with Crippen LogP contribution >= 0.6 is 0 Å². The topological polar surface area (TPSA) is 35.6 Å². The lowest BCUT2D eigenvalue weighted by atomic mass is 10.1. The molecule has 0 radical (unpaired) electrons. The summed E-state index contributed by atoms with van der Waals surface area (Å²) in [6.45, 7) is 5.74. The van der Waals surface area contributed by atoms with Gasteiger partial charge in [0.2, 0.25) is 0 Å². The van der Waals surface area contributed by atoms with Crippen LogP contribution in [-0.2, 0) is 0 Å². The lowest BCUT2D eigenvalue weighted by Crippen LogP contribution is -2.53. The van der Waals surface area contributed by atoms with Gasteiger partial charge in [0, 0.05) is 39.1 Å². The van der Waals surface area contributed by atoms with Crippen LogP contribution in [0.1, 0.15) is 13.3 Å². The molecule has 0 bridgehead atoms. The quantitative estimate of drug-likeness (QED) is 0.719. The highest BCUT2D eigenvalue weighted by atomic mass is 16.2. The van der Waals surface area contributed by atoms with Crippen molar-refractivity contribution in [2.75, 3.05) is 40.3 Å². The Kier molecular flexibility index (Phi) is 4.20. The largest absolute Gasteiger partial charge is 0.327 e. The average molecular weight is 199 g/mol. The predicted molar refractivity (Wildman–Crippen MR) is 57.3 cm³/mol. The molecule has 1 rings (SSSR count). The van der Waals surface area contributed by atoms with Crippen LogP contribution in [-0.4, -0.2) is 56.1 Å². The highest BCUT2D eigenvalue weighted by Crippen LogP contribution is 2.12. The first-order valence-electron chi connectivity index (χ1n) is 5.33. The van der Waals surface area contributed by atoms with E-state index in [1.165, 1.54) is 0 Å². The van der Waals surface area contributed by atoms with Crippen molar-refractivity contribution < 1.29 is 4.79 Å². The van der Waals surface area contributed by atoms with Crippen molar-refractivity contribution in [3.8, 4) is 0 Å². The smallest absolute Gasteiger partial charge is 0.319 e. The SMILES string of the molecule is CCCN1CC(CNC)CN(C)C1=O. The first kappa shape index (κ1) is 11.3. The van der Waals surface area contributed by atoms with Crippen LogP contribution in [0.3, 0.4) is 0 Å². The van der Waals surface area contributed by atoms with Crippen LogP contribution in [0.4, 0.5) is 4.79 Å². The van der Waals surface area contributed by atoms with E-state index in [4.69, 9.17) is 0 Å². The molecule has 1 saturated heterocycles. The van der Waals surface area contributed by atoms with Gasteiger partial charge in [-0.1, -0.05) is 6.92 Å². The zero-order chi connectivity index (χ0) is 10.6. The number of hydrogen-bond donors (Lipinski definition) is 1. The number of rotatable bonds is 4. The average Bonchev–Trinajstić information content (AvgIpc) is 2.14. The van der Waals surface area contributed by atoms with Crippen molar-refractivity contribution in [3.05, 3.63) is 0 Å². The minimum absolute atomic E-state index is 0.180. The normalized spacial score (nSPS) is 23.1. The predicted octanol–water partition coefficient (Wildman–Crippen LogP) is 0.599. The number of carbonyl (C=O) groups is 1. The summed E-state index contributed by atoms with van der Waals surface area (Å²) in [5.41, 5.74) is 0. The standard InChI is InChI=1S/C10H21N3O/c1-4-5-13-8-9(6-11-2)7-12(3)10(13)14/h9,11H,4-8H2,1-3H3. The molecule has 0 aromatic rings. The Hall–Kier alpha value is -0.770. The van der Waals surface area contributed by atoms with Gasteiger partial charge in [-0.05, 0) is 13.5 Å². The van der Waals surface area contributed by atoms with E-state index in [0.717, 1.165) is 32.6 Å². The van der Waals surface area contributed by atoms with Gasteiger partial charge in [-0.2, -0.15) is 0 Å². The maximum Gasteiger partial charge on any atom is 0.319 e. The molecule has 1 heterocycles. The minimum Gasteiger partial charge on any atom is -0.327 e. The van der Waals surface area contributed by atoms with E-state index >= 15 is 0 Å². The summed E-state index contributed by atoms with van der Waals surface area (Å²) < 4.78 is 0. The summed E-state index contributed by atoms with van der Waals surface area (Å²) in [5.74, 6) is 0.564. The van der Waals surface area contributed by atoms with Gasteiger partial charge >= 0.3 is 6.03 Å². The maximum atomic E-state index is 11.7. The fourth-order valence-corrected chi connectivity index (χ4v) is 2.03. The molecule has 14 heavy (non-hydrogen) atoms. The monoisotopic (exact) mass is 199 g/mol.